The quantitative estimate of drug-likeness (QED) is 0.877. The molecule has 1 aromatic rings. The molecule has 0 saturated carbocycles. The summed E-state index contributed by atoms with van der Waals surface area (Å²) in [6, 6.07) is 9.84. The van der Waals surface area contributed by atoms with Crippen LogP contribution in [0.3, 0.4) is 0 Å². The van der Waals surface area contributed by atoms with Gasteiger partial charge in [-0.1, -0.05) is 37.3 Å². The van der Waals surface area contributed by atoms with E-state index in [4.69, 9.17) is 5.11 Å². The van der Waals surface area contributed by atoms with E-state index in [9.17, 15) is 9.59 Å². The molecule has 1 heterocycles. The van der Waals surface area contributed by atoms with E-state index in [1.54, 1.807) is 16.7 Å². The Morgan fingerprint density at radius 1 is 1.33 bits per heavy atom. The number of allylic oxidation sites excluding steroid dienone is 1. The zero-order valence-electron chi connectivity index (χ0n) is 12.0. The van der Waals surface area contributed by atoms with Crippen molar-refractivity contribution in [2.45, 2.75) is 26.2 Å². The number of benzene rings is 1. The van der Waals surface area contributed by atoms with Gasteiger partial charge in [0.1, 0.15) is 0 Å². The first kappa shape index (κ1) is 15.6. The SMILES string of the molecule is CCC1=C(c2ccccc2)N(CCCC(=O)O)C(=O)CS1. The molecule has 0 unspecified atom stereocenters. The van der Waals surface area contributed by atoms with Crippen LogP contribution in [0.2, 0.25) is 0 Å². The molecule has 1 aliphatic rings. The van der Waals surface area contributed by atoms with Crippen LogP contribution in [0.4, 0.5) is 0 Å². The standard InChI is InChI=1S/C16H19NO3S/c1-2-13-16(12-7-4-3-5-8-12)17(14(18)11-21-13)10-6-9-15(19)20/h3-5,7-8H,2,6,9-11H2,1H3,(H,19,20). The van der Waals surface area contributed by atoms with Crippen LogP contribution >= 0.6 is 11.8 Å². The van der Waals surface area contributed by atoms with Crippen molar-refractivity contribution in [1.82, 2.24) is 4.90 Å². The maximum Gasteiger partial charge on any atom is 0.303 e. The van der Waals surface area contributed by atoms with Crippen molar-refractivity contribution in [2.24, 2.45) is 0 Å². The van der Waals surface area contributed by atoms with Crippen LogP contribution in [0.5, 0.6) is 0 Å². The van der Waals surface area contributed by atoms with Crippen molar-refractivity contribution in [3.05, 3.63) is 40.8 Å². The zero-order valence-corrected chi connectivity index (χ0v) is 12.9. The minimum atomic E-state index is -0.824. The maximum absolute atomic E-state index is 12.2. The van der Waals surface area contributed by atoms with Crippen LogP contribution in [-0.4, -0.2) is 34.2 Å². The Morgan fingerprint density at radius 3 is 2.67 bits per heavy atom. The Kier molecular flexibility index (Phi) is 5.44. The summed E-state index contributed by atoms with van der Waals surface area (Å²) in [5.41, 5.74) is 1.97. The molecular weight excluding hydrogens is 286 g/mol. The highest BCUT2D eigenvalue weighted by Crippen LogP contribution is 2.36. The number of carbonyl (C=O) groups excluding carboxylic acids is 1. The molecule has 0 aromatic heterocycles. The first-order valence-electron chi connectivity index (χ1n) is 7.07. The number of amides is 1. The second kappa shape index (κ2) is 7.31. The first-order valence-corrected chi connectivity index (χ1v) is 8.05. The summed E-state index contributed by atoms with van der Waals surface area (Å²) in [7, 11) is 0. The minimum absolute atomic E-state index is 0.0569. The van der Waals surface area contributed by atoms with Gasteiger partial charge < -0.3 is 10.0 Å². The van der Waals surface area contributed by atoms with Gasteiger partial charge in [0.05, 0.1) is 11.4 Å². The molecular formula is C16H19NO3S. The average Bonchev–Trinajstić information content (AvgIpc) is 2.49. The van der Waals surface area contributed by atoms with Gasteiger partial charge in [0.25, 0.3) is 0 Å². The van der Waals surface area contributed by atoms with Crippen LogP contribution in [0.1, 0.15) is 31.7 Å². The van der Waals surface area contributed by atoms with Gasteiger partial charge in [0, 0.05) is 17.9 Å². The van der Waals surface area contributed by atoms with Gasteiger partial charge >= 0.3 is 5.97 Å². The van der Waals surface area contributed by atoms with E-state index in [0.29, 0.717) is 18.7 Å². The van der Waals surface area contributed by atoms with E-state index < -0.39 is 5.97 Å². The smallest absolute Gasteiger partial charge is 0.303 e. The van der Waals surface area contributed by atoms with E-state index in [1.807, 2.05) is 30.3 Å². The van der Waals surface area contributed by atoms with Crippen molar-refractivity contribution in [2.75, 3.05) is 12.3 Å². The molecule has 1 aliphatic heterocycles. The summed E-state index contributed by atoms with van der Waals surface area (Å²) in [5, 5.41) is 8.77. The lowest BCUT2D eigenvalue weighted by molar-refractivity contribution is -0.137. The molecule has 0 atom stereocenters. The van der Waals surface area contributed by atoms with E-state index in [1.165, 1.54) is 4.91 Å². The third-order valence-corrected chi connectivity index (χ3v) is 4.57. The highest BCUT2D eigenvalue weighted by molar-refractivity contribution is 8.04. The van der Waals surface area contributed by atoms with Gasteiger partial charge in [-0.3, -0.25) is 9.59 Å². The molecule has 4 nitrogen and oxygen atoms in total. The largest absolute Gasteiger partial charge is 0.481 e. The Bertz CT molecular complexity index is 554. The maximum atomic E-state index is 12.2. The van der Waals surface area contributed by atoms with Crippen LogP contribution in [0.25, 0.3) is 5.70 Å². The number of carboxylic acids is 1. The lowest BCUT2D eigenvalue weighted by atomic mass is 10.1. The lowest BCUT2D eigenvalue weighted by Gasteiger charge is -2.32. The number of aliphatic carboxylic acids is 1. The van der Waals surface area contributed by atoms with Gasteiger partial charge in [-0.2, -0.15) is 0 Å². The van der Waals surface area contributed by atoms with Crippen LogP contribution in [0, 0.1) is 0 Å². The van der Waals surface area contributed by atoms with Gasteiger partial charge in [-0.15, -0.1) is 11.8 Å². The third kappa shape index (κ3) is 3.88. The Labute approximate surface area is 128 Å². The van der Waals surface area contributed by atoms with Crippen molar-refractivity contribution in [3.63, 3.8) is 0 Å². The minimum Gasteiger partial charge on any atom is -0.481 e. The van der Waals surface area contributed by atoms with Crippen molar-refractivity contribution in [3.8, 4) is 0 Å². The van der Waals surface area contributed by atoms with E-state index in [-0.39, 0.29) is 12.3 Å². The number of rotatable bonds is 6. The highest BCUT2D eigenvalue weighted by atomic mass is 32.2. The predicted octanol–water partition coefficient (Wildman–Crippen LogP) is 3.21. The van der Waals surface area contributed by atoms with Crippen molar-refractivity contribution in [1.29, 1.82) is 0 Å². The number of carboxylic acid groups (broad SMARTS) is 1. The molecule has 112 valence electrons. The molecule has 1 aromatic carbocycles. The summed E-state index contributed by atoms with van der Waals surface area (Å²) < 4.78 is 0. The number of carbonyl (C=O) groups is 2. The van der Waals surface area contributed by atoms with E-state index in [0.717, 1.165) is 17.7 Å². The Hall–Kier alpha value is -1.75. The molecule has 0 aliphatic carbocycles. The summed E-state index contributed by atoms with van der Waals surface area (Å²) in [4.78, 5) is 25.9. The van der Waals surface area contributed by atoms with E-state index >= 15 is 0 Å². The monoisotopic (exact) mass is 305 g/mol. The van der Waals surface area contributed by atoms with Crippen molar-refractivity contribution < 1.29 is 14.7 Å². The molecule has 0 spiro atoms. The molecule has 0 saturated heterocycles. The fraction of sp³-hybridized carbons (Fsp3) is 0.375. The molecule has 0 fully saturated rings. The average molecular weight is 305 g/mol. The summed E-state index contributed by atoms with van der Waals surface area (Å²) in [5.74, 6) is -0.330. The van der Waals surface area contributed by atoms with Gasteiger partial charge in [0.15, 0.2) is 0 Å². The number of hydrogen-bond donors (Lipinski definition) is 1. The second-order valence-electron chi connectivity index (χ2n) is 4.82. The molecule has 1 amide bonds. The van der Waals surface area contributed by atoms with Crippen LogP contribution in [-0.2, 0) is 9.59 Å². The third-order valence-electron chi connectivity index (χ3n) is 3.35. The molecule has 2 rings (SSSR count). The van der Waals surface area contributed by atoms with Gasteiger partial charge in [0.2, 0.25) is 5.91 Å². The molecule has 0 radical (unpaired) electrons. The second-order valence-corrected chi connectivity index (χ2v) is 5.89. The zero-order chi connectivity index (χ0) is 15.2. The number of thioether (sulfide) groups is 1. The molecule has 5 heteroatoms. The molecule has 0 bridgehead atoms. The topological polar surface area (TPSA) is 57.6 Å². The first-order chi connectivity index (χ1) is 10.1. The summed E-state index contributed by atoms with van der Waals surface area (Å²) >= 11 is 1.59. The number of hydrogen-bond acceptors (Lipinski definition) is 3. The molecule has 1 N–H and O–H groups in total. The lowest BCUT2D eigenvalue weighted by Crippen LogP contribution is -2.35. The Balaban J connectivity index is 2.29. The predicted molar refractivity (Wildman–Crippen MR) is 84.7 cm³/mol. The van der Waals surface area contributed by atoms with Gasteiger partial charge in [-0.25, -0.2) is 0 Å². The van der Waals surface area contributed by atoms with Crippen LogP contribution in [0.15, 0.2) is 35.2 Å². The summed E-state index contributed by atoms with van der Waals surface area (Å²) in [6.07, 6.45) is 1.43. The van der Waals surface area contributed by atoms with Gasteiger partial charge in [-0.05, 0) is 18.4 Å². The summed E-state index contributed by atoms with van der Waals surface area (Å²) in [6.45, 7) is 2.54. The fourth-order valence-corrected chi connectivity index (χ4v) is 3.40. The fourth-order valence-electron chi connectivity index (χ4n) is 2.38. The van der Waals surface area contributed by atoms with Crippen molar-refractivity contribution >= 4 is 29.3 Å². The number of nitrogens with zero attached hydrogens (tertiary/aromatic N) is 1. The molecule has 21 heavy (non-hydrogen) atoms. The normalized spacial score (nSPS) is 15.5. The Morgan fingerprint density at radius 2 is 2.05 bits per heavy atom. The van der Waals surface area contributed by atoms with Crippen LogP contribution < -0.4 is 0 Å². The highest BCUT2D eigenvalue weighted by Gasteiger charge is 2.27. The van der Waals surface area contributed by atoms with E-state index in [2.05, 4.69) is 6.92 Å².